The van der Waals surface area contributed by atoms with Crippen molar-refractivity contribution < 1.29 is 9.13 Å². The highest BCUT2D eigenvalue weighted by molar-refractivity contribution is 6.32. The molecule has 0 saturated carbocycles. The molecular weight excluding hydrogens is 241 g/mol. The monoisotopic (exact) mass is 251 g/mol. The molecule has 17 heavy (non-hydrogen) atoms. The second kappa shape index (κ2) is 4.63. The summed E-state index contributed by atoms with van der Waals surface area (Å²) in [6, 6.07) is 9.55. The van der Waals surface area contributed by atoms with E-state index >= 15 is 0 Å². The lowest BCUT2D eigenvalue weighted by Gasteiger charge is -2.09. The molecule has 0 spiro atoms. The van der Waals surface area contributed by atoms with Gasteiger partial charge in [0.25, 0.3) is 0 Å². The fourth-order valence-electron chi connectivity index (χ4n) is 1.41. The third-order valence-electron chi connectivity index (χ3n) is 2.26. The normalized spacial score (nSPS) is 10.3. The van der Waals surface area contributed by atoms with E-state index in [-0.39, 0.29) is 5.75 Å². The minimum atomic E-state index is -0.512. The van der Waals surface area contributed by atoms with Gasteiger partial charge in [0.2, 0.25) is 0 Å². The van der Waals surface area contributed by atoms with Crippen LogP contribution in [0.5, 0.6) is 11.5 Å². The fourth-order valence-corrected chi connectivity index (χ4v) is 1.68. The van der Waals surface area contributed by atoms with Gasteiger partial charge in [0.05, 0.1) is 5.02 Å². The van der Waals surface area contributed by atoms with Crippen LogP contribution in [-0.2, 0) is 0 Å². The molecule has 0 aliphatic heterocycles. The molecule has 0 bridgehead atoms. The molecule has 0 heterocycles. The summed E-state index contributed by atoms with van der Waals surface area (Å²) in [6.07, 6.45) is 0. The van der Waals surface area contributed by atoms with E-state index in [2.05, 4.69) is 0 Å². The first kappa shape index (κ1) is 11.7. The van der Waals surface area contributed by atoms with Gasteiger partial charge in [-0.05, 0) is 36.8 Å². The summed E-state index contributed by atoms with van der Waals surface area (Å²) in [5.41, 5.74) is 6.81. The third-order valence-corrected chi connectivity index (χ3v) is 2.56. The highest BCUT2D eigenvalue weighted by atomic mass is 35.5. The van der Waals surface area contributed by atoms with Gasteiger partial charge in [-0.25, -0.2) is 4.39 Å². The molecule has 2 rings (SSSR count). The molecule has 0 aliphatic carbocycles. The number of benzene rings is 2. The van der Waals surface area contributed by atoms with Crippen molar-refractivity contribution in [2.75, 3.05) is 5.73 Å². The van der Waals surface area contributed by atoms with Crippen molar-refractivity contribution in [1.82, 2.24) is 0 Å². The Balaban J connectivity index is 2.31. The molecule has 2 aromatic rings. The molecule has 0 saturated heterocycles. The van der Waals surface area contributed by atoms with E-state index in [4.69, 9.17) is 22.1 Å². The summed E-state index contributed by atoms with van der Waals surface area (Å²) in [5, 5.41) is 0.446. The Labute approximate surface area is 104 Å². The molecule has 2 nitrogen and oxygen atoms in total. The minimum absolute atomic E-state index is 0.102. The number of anilines is 1. The molecule has 2 aromatic carbocycles. The first-order valence-electron chi connectivity index (χ1n) is 5.05. The Bertz CT molecular complexity index is 508. The maximum atomic E-state index is 13.5. The van der Waals surface area contributed by atoms with Crippen LogP contribution in [-0.4, -0.2) is 0 Å². The van der Waals surface area contributed by atoms with Crippen LogP contribution in [0.2, 0.25) is 5.02 Å². The van der Waals surface area contributed by atoms with Crippen molar-refractivity contribution in [1.29, 1.82) is 0 Å². The lowest BCUT2D eigenvalue weighted by molar-refractivity contribution is 0.442. The van der Waals surface area contributed by atoms with Crippen molar-refractivity contribution in [3.8, 4) is 11.5 Å². The zero-order valence-electron chi connectivity index (χ0n) is 9.21. The van der Waals surface area contributed by atoms with Crippen molar-refractivity contribution in [2.45, 2.75) is 6.92 Å². The van der Waals surface area contributed by atoms with Crippen LogP contribution in [0.25, 0.3) is 0 Å². The van der Waals surface area contributed by atoms with E-state index in [0.717, 1.165) is 5.56 Å². The Morgan fingerprint density at radius 2 is 1.82 bits per heavy atom. The topological polar surface area (TPSA) is 35.2 Å². The van der Waals surface area contributed by atoms with Gasteiger partial charge in [-0.2, -0.15) is 0 Å². The highest BCUT2D eigenvalue weighted by Gasteiger charge is 2.07. The summed E-state index contributed by atoms with van der Waals surface area (Å²) in [4.78, 5) is 0. The molecule has 0 aromatic heterocycles. The average molecular weight is 252 g/mol. The molecular formula is C13H11ClFNO. The quantitative estimate of drug-likeness (QED) is 0.814. The molecule has 2 N–H and O–H groups in total. The van der Waals surface area contributed by atoms with E-state index in [1.54, 1.807) is 18.2 Å². The summed E-state index contributed by atoms with van der Waals surface area (Å²) in [6.45, 7) is 1.92. The maximum absolute atomic E-state index is 13.5. The summed E-state index contributed by atoms with van der Waals surface area (Å²) < 4.78 is 18.9. The predicted molar refractivity (Wildman–Crippen MR) is 67.1 cm³/mol. The number of nitrogen functional groups attached to an aromatic ring is 1. The van der Waals surface area contributed by atoms with Gasteiger partial charge in [-0.15, -0.1) is 0 Å². The smallest absolute Gasteiger partial charge is 0.167 e. The van der Waals surface area contributed by atoms with Crippen molar-refractivity contribution in [3.63, 3.8) is 0 Å². The SMILES string of the molecule is Cc1ccc(Oc2ccc(N)cc2F)c(Cl)c1. The molecule has 0 amide bonds. The predicted octanol–water partition coefficient (Wildman–Crippen LogP) is 4.16. The zero-order valence-corrected chi connectivity index (χ0v) is 9.96. The van der Waals surface area contributed by atoms with Crippen LogP contribution in [0.4, 0.5) is 10.1 Å². The maximum Gasteiger partial charge on any atom is 0.167 e. The van der Waals surface area contributed by atoms with Gasteiger partial charge < -0.3 is 10.5 Å². The van der Waals surface area contributed by atoms with Crippen LogP contribution >= 0.6 is 11.6 Å². The minimum Gasteiger partial charge on any atom is -0.453 e. The van der Waals surface area contributed by atoms with Crippen LogP contribution in [0.3, 0.4) is 0 Å². The number of aryl methyl sites for hydroxylation is 1. The fraction of sp³-hybridized carbons (Fsp3) is 0.0769. The number of nitrogens with two attached hydrogens (primary N) is 1. The van der Waals surface area contributed by atoms with Crippen molar-refractivity contribution >= 4 is 17.3 Å². The number of halogens is 2. The van der Waals surface area contributed by atoms with E-state index in [9.17, 15) is 4.39 Å². The molecule has 0 fully saturated rings. The van der Waals surface area contributed by atoms with Gasteiger partial charge in [-0.3, -0.25) is 0 Å². The second-order valence-electron chi connectivity index (χ2n) is 3.73. The molecule has 0 radical (unpaired) electrons. The van der Waals surface area contributed by atoms with Gasteiger partial charge >= 0.3 is 0 Å². The number of hydrogen-bond acceptors (Lipinski definition) is 2. The van der Waals surface area contributed by atoms with Crippen LogP contribution < -0.4 is 10.5 Å². The molecule has 4 heteroatoms. The lowest BCUT2D eigenvalue weighted by Crippen LogP contribution is -1.92. The highest BCUT2D eigenvalue weighted by Crippen LogP contribution is 2.31. The number of ether oxygens (including phenoxy) is 1. The second-order valence-corrected chi connectivity index (χ2v) is 4.13. The van der Waals surface area contributed by atoms with Gasteiger partial charge in [0, 0.05) is 11.8 Å². The Morgan fingerprint density at radius 3 is 2.47 bits per heavy atom. The first-order chi connectivity index (χ1) is 8.06. The van der Waals surface area contributed by atoms with Crippen molar-refractivity contribution in [3.05, 3.63) is 52.8 Å². The zero-order chi connectivity index (χ0) is 12.4. The first-order valence-corrected chi connectivity index (χ1v) is 5.43. The largest absolute Gasteiger partial charge is 0.453 e. The average Bonchev–Trinajstić information content (AvgIpc) is 2.25. The van der Waals surface area contributed by atoms with Crippen molar-refractivity contribution in [2.24, 2.45) is 0 Å². The van der Waals surface area contributed by atoms with E-state index in [1.165, 1.54) is 12.1 Å². The Morgan fingerprint density at radius 1 is 1.12 bits per heavy atom. The van der Waals surface area contributed by atoms with E-state index < -0.39 is 5.82 Å². The Kier molecular flexibility index (Phi) is 3.20. The number of hydrogen-bond donors (Lipinski definition) is 1. The lowest BCUT2D eigenvalue weighted by atomic mass is 10.2. The molecule has 0 aliphatic rings. The van der Waals surface area contributed by atoms with E-state index in [0.29, 0.717) is 16.5 Å². The summed E-state index contributed by atoms with van der Waals surface area (Å²) in [5.74, 6) is 0.00697. The van der Waals surface area contributed by atoms with Gasteiger partial charge in [0.15, 0.2) is 11.6 Å². The molecule has 0 unspecified atom stereocenters. The molecule has 88 valence electrons. The van der Waals surface area contributed by atoms with Crippen LogP contribution in [0, 0.1) is 12.7 Å². The number of rotatable bonds is 2. The van der Waals surface area contributed by atoms with Crippen LogP contribution in [0.1, 0.15) is 5.56 Å². The van der Waals surface area contributed by atoms with Gasteiger partial charge in [0.1, 0.15) is 5.75 Å². The third kappa shape index (κ3) is 2.68. The summed E-state index contributed by atoms with van der Waals surface area (Å²) >= 11 is 5.99. The Hall–Kier alpha value is -1.74. The van der Waals surface area contributed by atoms with Crippen LogP contribution in [0.15, 0.2) is 36.4 Å². The molecule has 0 atom stereocenters. The standard InChI is InChI=1S/C13H11ClFNO/c1-8-2-4-12(10(14)6-8)17-13-5-3-9(16)7-11(13)15/h2-7H,16H2,1H3. The van der Waals surface area contributed by atoms with E-state index in [1.807, 2.05) is 13.0 Å². The summed E-state index contributed by atoms with van der Waals surface area (Å²) in [7, 11) is 0. The van der Waals surface area contributed by atoms with Gasteiger partial charge in [-0.1, -0.05) is 17.7 Å².